The van der Waals surface area contributed by atoms with E-state index in [1.807, 2.05) is 34.7 Å². The van der Waals surface area contributed by atoms with Gasteiger partial charge >= 0.3 is 0 Å². The molecule has 0 amide bonds. The zero-order valence-electron chi connectivity index (χ0n) is 9.40. The minimum absolute atomic E-state index is 0.805. The topological polar surface area (TPSA) is 39.9 Å². The van der Waals surface area contributed by atoms with Gasteiger partial charge in [0.1, 0.15) is 23.0 Å². The van der Waals surface area contributed by atoms with E-state index in [2.05, 4.69) is 10.3 Å². The third kappa shape index (κ3) is 1.77. The molecule has 2 aliphatic carbocycles. The molecule has 0 bridgehead atoms. The Morgan fingerprint density at radius 2 is 2.12 bits per heavy atom. The van der Waals surface area contributed by atoms with Gasteiger partial charge in [-0.2, -0.15) is 0 Å². The highest BCUT2D eigenvalue weighted by Crippen LogP contribution is 2.53. The minimum atomic E-state index is 0.805. The van der Waals surface area contributed by atoms with Crippen molar-refractivity contribution in [2.45, 2.75) is 25.7 Å². The van der Waals surface area contributed by atoms with E-state index in [-0.39, 0.29) is 0 Å². The third-order valence-corrected chi connectivity index (χ3v) is 4.58. The van der Waals surface area contributed by atoms with Crippen molar-refractivity contribution in [2.75, 3.05) is 6.61 Å². The summed E-state index contributed by atoms with van der Waals surface area (Å²) in [7, 11) is 2.00. The molecule has 16 heavy (non-hydrogen) atoms. The van der Waals surface area contributed by atoms with Crippen LogP contribution in [0.1, 0.15) is 24.2 Å². The van der Waals surface area contributed by atoms with Gasteiger partial charge in [0.25, 0.3) is 0 Å². The number of rotatable bonds is 2. The highest BCUT2D eigenvalue weighted by Gasteiger charge is 2.49. The zero-order valence-corrected chi connectivity index (χ0v) is 11.6. The third-order valence-electron chi connectivity index (χ3n) is 4.22. The van der Waals surface area contributed by atoms with Crippen LogP contribution < -0.4 is 0 Å². The van der Waals surface area contributed by atoms with E-state index in [1.54, 1.807) is 0 Å². The van der Waals surface area contributed by atoms with Crippen molar-refractivity contribution in [3.63, 3.8) is 0 Å². The van der Waals surface area contributed by atoms with Crippen LogP contribution in [0, 0.1) is 17.8 Å². The van der Waals surface area contributed by atoms with Gasteiger partial charge in [0.2, 0.25) is 0 Å². The van der Waals surface area contributed by atoms with Gasteiger partial charge in [-0.3, -0.25) is 4.68 Å². The number of fused-ring (bicyclic) bond motifs is 2. The maximum atomic E-state index is 5.26. The largest absolute Gasteiger partial charge is 0.315 e. The second-order valence-corrected chi connectivity index (χ2v) is 5.57. The number of aromatic nitrogens is 3. The van der Waals surface area contributed by atoms with Crippen molar-refractivity contribution in [1.29, 1.82) is 0 Å². The summed E-state index contributed by atoms with van der Waals surface area (Å²) in [5, 5.41) is 8.38. The smallest absolute Gasteiger partial charge is 0.109 e. The number of aryl methyl sites for hydroxylation is 2. The van der Waals surface area contributed by atoms with E-state index in [0.717, 1.165) is 37.2 Å². The van der Waals surface area contributed by atoms with E-state index < -0.39 is 0 Å². The first-order valence-corrected chi connectivity index (χ1v) is 6.80. The van der Waals surface area contributed by atoms with Crippen molar-refractivity contribution < 1.29 is 3.07 Å². The lowest BCUT2D eigenvalue weighted by atomic mass is 10.0. The van der Waals surface area contributed by atoms with Gasteiger partial charge in [0, 0.05) is 7.05 Å². The standard InChI is InChI=1S/C11H16IN3O/c1-15-11-5-3-8-7(9(8)6-16-12)2-4-10(11)13-14-15/h7-9H,2-6H2,1H3. The molecule has 0 N–H and O–H groups in total. The molecule has 3 atom stereocenters. The van der Waals surface area contributed by atoms with Crippen LogP contribution in [0.4, 0.5) is 0 Å². The number of hydrogen-bond acceptors (Lipinski definition) is 3. The Morgan fingerprint density at radius 3 is 2.88 bits per heavy atom. The first-order valence-electron chi connectivity index (χ1n) is 5.92. The molecule has 0 aliphatic heterocycles. The Bertz CT molecular complexity index is 393. The average molecular weight is 333 g/mol. The highest BCUT2D eigenvalue weighted by atomic mass is 127. The van der Waals surface area contributed by atoms with Crippen LogP contribution >= 0.6 is 23.0 Å². The Kier molecular flexibility index (Phi) is 2.91. The van der Waals surface area contributed by atoms with Crippen LogP contribution in [-0.4, -0.2) is 21.6 Å². The van der Waals surface area contributed by atoms with Gasteiger partial charge in [0.15, 0.2) is 0 Å². The molecule has 3 unspecified atom stereocenters. The zero-order chi connectivity index (χ0) is 11.1. The van der Waals surface area contributed by atoms with Gasteiger partial charge in [-0.25, -0.2) is 0 Å². The van der Waals surface area contributed by atoms with Crippen LogP contribution in [0.3, 0.4) is 0 Å². The molecule has 3 rings (SSSR count). The van der Waals surface area contributed by atoms with Crippen LogP contribution in [0.5, 0.6) is 0 Å². The average Bonchev–Trinajstić information content (AvgIpc) is 2.76. The predicted octanol–water partition coefficient (Wildman–Crippen LogP) is 1.92. The van der Waals surface area contributed by atoms with Crippen molar-refractivity contribution in [3.05, 3.63) is 11.4 Å². The maximum absolute atomic E-state index is 5.26. The molecule has 0 saturated heterocycles. The Balaban J connectivity index is 1.73. The maximum Gasteiger partial charge on any atom is 0.109 e. The van der Waals surface area contributed by atoms with Crippen molar-refractivity contribution in [1.82, 2.24) is 15.0 Å². The lowest BCUT2D eigenvalue weighted by Crippen LogP contribution is -2.04. The fourth-order valence-electron chi connectivity index (χ4n) is 3.23. The van der Waals surface area contributed by atoms with Crippen molar-refractivity contribution >= 4 is 23.0 Å². The lowest BCUT2D eigenvalue weighted by molar-refractivity contribution is 0.375. The monoisotopic (exact) mass is 333 g/mol. The van der Waals surface area contributed by atoms with Crippen LogP contribution in [-0.2, 0) is 23.0 Å². The van der Waals surface area contributed by atoms with Crippen LogP contribution in [0.2, 0.25) is 0 Å². The summed E-state index contributed by atoms with van der Waals surface area (Å²) in [4.78, 5) is 0. The molecule has 5 heteroatoms. The number of halogens is 1. The molecule has 88 valence electrons. The van der Waals surface area contributed by atoms with Crippen molar-refractivity contribution in [2.24, 2.45) is 24.8 Å². The van der Waals surface area contributed by atoms with Crippen LogP contribution in [0.15, 0.2) is 0 Å². The van der Waals surface area contributed by atoms with Crippen molar-refractivity contribution in [3.8, 4) is 0 Å². The molecule has 2 aliphatic rings. The molecule has 1 saturated carbocycles. The number of nitrogens with zero attached hydrogens (tertiary/aromatic N) is 3. The quantitative estimate of drug-likeness (QED) is 0.777. The second kappa shape index (κ2) is 4.25. The van der Waals surface area contributed by atoms with Gasteiger partial charge in [-0.15, -0.1) is 5.10 Å². The molecular formula is C11H16IN3O. The summed E-state index contributed by atoms with van der Waals surface area (Å²) in [5.74, 6) is 2.57. The molecule has 1 aromatic rings. The molecule has 1 aromatic heterocycles. The van der Waals surface area contributed by atoms with E-state index in [0.29, 0.717) is 0 Å². The summed E-state index contributed by atoms with van der Waals surface area (Å²) < 4.78 is 7.20. The first kappa shape index (κ1) is 11.0. The summed E-state index contributed by atoms with van der Waals surface area (Å²) in [6.45, 7) is 0.928. The first-order chi connectivity index (χ1) is 7.81. The minimum Gasteiger partial charge on any atom is -0.315 e. The van der Waals surface area contributed by atoms with E-state index >= 15 is 0 Å². The summed E-state index contributed by atoms with van der Waals surface area (Å²) >= 11 is 2.01. The summed E-state index contributed by atoms with van der Waals surface area (Å²) in [6, 6.07) is 0. The fraction of sp³-hybridized carbons (Fsp3) is 0.818. The van der Waals surface area contributed by atoms with Gasteiger partial charge in [-0.05, 0) is 43.4 Å². The molecule has 0 aromatic carbocycles. The van der Waals surface area contributed by atoms with Gasteiger partial charge < -0.3 is 3.07 Å². The summed E-state index contributed by atoms with van der Waals surface area (Å²) in [5.41, 5.74) is 2.57. The fourth-order valence-corrected chi connectivity index (χ4v) is 3.64. The van der Waals surface area contributed by atoms with E-state index in [4.69, 9.17) is 3.07 Å². The van der Waals surface area contributed by atoms with Crippen LogP contribution in [0.25, 0.3) is 0 Å². The normalized spacial score (nSPS) is 32.5. The molecule has 1 heterocycles. The second-order valence-electron chi connectivity index (χ2n) is 4.95. The Labute approximate surface area is 109 Å². The SMILES string of the molecule is Cn1nnc2c1CCC1C(CC2)C1COI. The predicted molar refractivity (Wildman–Crippen MR) is 68.1 cm³/mol. The lowest BCUT2D eigenvalue weighted by Gasteiger charge is -2.07. The molecule has 4 nitrogen and oxygen atoms in total. The molecular weight excluding hydrogens is 317 g/mol. The Hall–Kier alpha value is -0.170. The van der Waals surface area contributed by atoms with Gasteiger partial charge in [-0.1, -0.05) is 5.21 Å². The number of hydrogen-bond donors (Lipinski definition) is 0. The Morgan fingerprint density at radius 1 is 1.38 bits per heavy atom. The molecule has 0 radical (unpaired) electrons. The van der Waals surface area contributed by atoms with E-state index in [1.165, 1.54) is 24.2 Å². The van der Waals surface area contributed by atoms with Gasteiger partial charge in [0.05, 0.1) is 18.0 Å². The summed E-state index contributed by atoms with van der Waals surface area (Å²) in [6.07, 6.45) is 4.78. The van der Waals surface area contributed by atoms with E-state index in [9.17, 15) is 0 Å². The molecule has 0 spiro atoms. The highest BCUT2D eigenvalue weighted by molar-refractivity contribution is 14.1. The molecule has 1 fully saturated rings.